The van der Waals surface area contributed by atoms with Gasteiger partial charge in [0, 0.05) is 88.8 Å². The first-order chi connectivity index (χ1) is 29.6. The van der Waals surface area contributed by atoms with Gasteiger partial charge in [-0.15, -0.1) is 0 Å². The molecular weight excluding hydrogens is 778 g/mol. The fourth-order valence-electron chi connectivity index (χ4n) is 9.09. The van der Waals surface area contributed by atoms with Gasteiger partial charge in [0.05, 0.1) is 29.1 Å². The van der Waals surface area contributed by atoms with Crippen LogP contribution in [-0.4, -0.2) is 96.5 Å². The van der Waals surface area contributed by atoms with Crippen molar-refractivity contribution >= 4 is 34.4 Å². The second-order valence-electron chi connectivity index (χ2n) is 16.4. The third-order valence-electron chi connectivity index (χ3n) is 12.5. The number of imidazole rings is 1. The highest BCUT2D eigenvalue weighted by atomic mass is 19.1. The number of piperidine rings is 2. The summed E-state index contributed by atoms with van der Waals surface area (Å²) in [6, 6.07) is 20.1. The van der Waals surface area contributed by atoms with E-state index in [1.165, 1.54) is 27.1 Å². The van der Waals surface area contributed by atoms with Crippen molar-refractivity contribution in [3.05, 3.63) is 113 Å². The predicted octanol–water partition coefficient (Wildman–Crippen LogP) is 4.86. The van der Waals surface area contributed by atoms with Crippen molar-refractivity contribution in [2.45, 2.75) is 51.3 Å². The molecule has 16 heteroatoms. The number of rotatable bonds is 11. The lowest BCUT2D eigenvalue weighted by molar-refractivity contribution is -0.135. The number of hydrogen-bond donors (Lipinski definition) is 2. The van der Waals surface area contributed by atoms with Crippen LogP contribution in [0.5, 0.6) is 5.75 Å². The van der Waals surface area contributed by atoms with Gasteiger partial charge in [-0.2, -0.15) is 15.0 Å². The summed E-state index contributed by atoms with van der Waals surface area (Å²) in [6.45, 7) is 9.71. The zero-order valence-corrected chi connectivity index (χ0v) is 34.4. The summed E-state index contributed by atoms with van der Waals surface area (Å²) in [5.41, 5.74) is 12.9. The number of hydrogen-bond acceptors (Lipinski definition) is 11. The SMILES string of the molecule is C[C@@H](Oc1cc(-c2cccc(CN3CCN(CC4CCN(c5ccc6c(c5)n(C)c(=O)n6C5CCC(=O)NC5=O)CC4)CC3)c2)cnc1N)c1cc(F)ccc1-n1nccn1. The smallest absolute Gasteiger partial charge is 0.329 e. The number of ether oxygens (including phenoxy) is 1. The summed E-state index contributed by atoms with van der Waals surface area (Å²) in [6.07, 6.45) is 7.06. The van der Waals surface area contributed by atoms with Gasteiger partial charge in [0.15, 0.2) is 11.6 Å². The van der Waals surface area contributed by atoms with Gasteiger partial charge in [-0.3, -0.25) is 28.9 Å². The Hall–Kier alpha value is -6.39. The molecule has 0 spiro atoms. The summed E-state index contributed by atoms with van der Waals surface area (Å²) in [7, 11) is 1.74. The van der Waals surface area contributed by atoms with Crippen molar-refractivity contribution in [2.75, 3.05) is 56.4 Å². The number of carbonyl (C=O) groups is 2. The number of nitrogens with zero attached hydrogens (tertiary/aromatic N) is 9. The second kappa shape index (κ2) is 16.9. The number of aryl methyl sites for hydroxylation is 1. The maximum absolute atomic E-state index is 14.4. The molecule has 2 amide bonds. The Labute approximate surface area is 352 Å². The third kappa shape index (κ3) is 8.37. The van der Waals surface area contributed by atoms with Gasteiger partial charge in [-0.25, -0.2) is 14.2 Å². The highest BCUT2D eigenvalue weighted by molar-refractivity contribution is 6.00. The lowest BCUT2D eigenvalue weighted by Crippen LogP contribution is -2.48. The summed E-state index contributed by atoms with van der Waals surface area (Å²) < 4.78 is 23.8. The fraction of sp³-hybridized carbons (Fsp3) is 0.378. The van der Waals surface area contributed by atoms with Crippen LogP contribution in [0, 0.1) is 11.7 Å². The van der Waals surface area contributed by atoms with Crippen LogP contribution in [0.3, 0.4) is 0 Å². The number of nitrogens with one attached hydrogen (secondary N) is 1. The quantitative estimate of drug-likeness (QED) is 0.172. The van der Waals surface area contributed by atoms with Crippen molar-refractivity contribution in [1.29, 1.82) is 0 Å². The van der Waals surface area contributed by atoms with Gasteiger partial charge in [-0.05, 0) is 91.8 Å². The molecule has 3 fully saturated rings. The van der Waals surface area contributed by atoms with E-state index in [1.807, 2.05) is 25.1 Å². The molecule has 1 unspecified atom stereocenters. The van der Waals surface area contributed by atoms with Crippen LogP contribution < -0.4 is 26.4 Å². The molecule has 3 aromatic heterocycles. The van der Waals surface area contributed by atoms with Crippen LogP contribution >= 0.6 is 0 Å². The van der Waals surface area contributed by atoms with E-state index in [2.05, 4.69) is 65.5 Å². The maximum atomic E-state index is 14.4. The molecule has 0 radical (unpaired) electrons. The van der Waals surface area contributed by atoms with E-state index in [-0.39, 0.29) is 29.7 Å². The molecule has 0 bridgehead atoms. The minimum atomic E-state index is -0.689. The first-order valence-corrected chi connectivity index (χ1v) is 21.0. The molecule has 3 aliphatic heterocycles. The van der Waals surface area contributed by atoms with Crippen molar-refractivity contribution in [3.8, 4) is 22.6 Å². The molecule has 15 nitrogen and oxygen atoms in total. The lowest BCUT2D eigenvalue weighted by Gasteiger charge is -2.39. The number of imide groups is 1. The fourth-order valence-corrected chi connectivity index (χ4v) is 9.09. The number of piperazine rings is 1. The normalized spacial score (nSPS) is 18.7. The van der Waals surface area contributed by atoms with Crippen molar-refractivity contribution in [2.24, 2.45) is 13.0 Å². The number of halogens is 1. The van der Waals surface area contributed by atoms with Crippen molar-refractivity contribution in [1.82, 2.24) is 44.2 Å². The Morgan fingerprint density at radius 3 is 2.41 bits per heavy atom. The van der Waals surface area contributed by atoms with E-state index in [9.17, 15) is 18.8 Å². The van der Waals surface area contributed by atoms with E-state index in [0.717, 1.165) is 87.5 Å². The Morgan fingerprint density at radius 2 is 1.64 bits per heavy atom. The largest absolute Gasteiger partial charge is 0.482 e. The molecule has 6 heterocycles. The molecule has 0 aliphatic carbocycles. The van der Waals surface area contributed by atoms with Gasteiger partial charge in [0.2, 0.25) is 11.8 Å². The molecule has 6 aromatic rings. The van der Waals surface area contributed by atoms with Crippen molar-refractivity contribution < 1.29 is 18.7 Å². The highest BCUT2D eigenvalue weighted by Gasteiger charge is 2.32. The van der Waals surface area contributed by atoms with E-state index in [0.29, 0.717) is 34.9 Å². The molecule has 2 atom stereocenters. The summed E-state index contributed by atoms with van der Waals surface area (Å²) >= 11 is 0. The molecule has 3 N–H and O–H groups in total. The molecule has 3 aromatic carbocycles. The average Bonchev–Trinajstić information content (AvgIpc) is 3.89. The number of carbonyl (C=O) groups excluding carboxylic acids is 2. The number of aromatic nitrogens is 6. The number of fused-ring (bicyclic) bond motifs is 1. The van der Waals surface area contributed by atoms with Crippen LogP contribution in [0.15, 0.2) is 90.1 Å². The molecule has 316 valence electrons. The van der Waals surface area contributed by atoms with Crippen LogP contribution in [0.4, 0.5) is 15.9 Å². The maximum Gasteiger partial charge on any atom is 0.329 e. The van der Waals surface area contributed by atoms with Crippen LogP contribution in [-0.2, 0) is 23.2 Å². The molecule has 3 aliphatic rings. The number of amides is 2. The Bertz CT molecular complexity index is 2630. The van der Waals surface area contributed by atoms with Gasteiger partial charge in [0.1, 0.15) is 18.0 Å². The van der Waals surface area contributed by atoms with E-state index in [1.54, 1.807) is 36.3 Å². The third-order valence-corrected chi connectivity index (χ3v) is 12.5. The number of nitrogens with two attached hydrogens (primary N) is 1. The van der Waals surface area contributed by atoms with Crippen molar-refractivity contribution in [3.63, 3.8) is 0 Å². The van der Waals surface area contributed by atoms with Gasteiger partial charge >= 0.3 is 5.69 Å². The van der Waals surface area contributed by atoms with Crippen LogP contribution in [0.2, 0.25) is 0 Å². The average molecular weight is 828 g/mol. The number of nitrogen functional groups attached to an aromatic ring is 1. The first-order valence-electron chi connectivity index (χ1n) is 21.0. The summed E-state index contributed by atoms with van der Waals surface area (Å²) in [5, 5.41) is 10.8. The number of anilines is 2. The summed E-state index contributed by atoms with van der Waals surface area (Å²) in [4.78, 5) is 51.0. The topological polar surface area (TPSA) is 162 Å². The molecular formula is C45H50FN11O4. The Balaban J connectivity index is 0.773. The monoisotopic (exact) mass is 827 g/mol. The van der Waals surface area contributed by atoms with Crippen LogP contribution in [0.1, 0.15) is 55.9 Å². The second-order valence-corrected chi connectivity index (χ2v) is 16.4. The molecule has 3 saturated heterocycles. The number of benzene rings is 3. The van der Waals surface area contributed by atoms with E-state index >= 15 is 0 Å². The van der Waals surface area contributed by atoms with Gasteiger partial charge in [-0.1, -0.05) is 18.2 Å². The standard InChI is InChI=1S/C45H50FN11O4/c1-29(36-24-34(46)6-8-37(36)57-49-14-15-50-57)61-41-23-33(26-48-43(41)47)32-5-3-4-31(22-32)28-54-20-18-53(19-21-54)27-30-12-16-55(17-13-30)35-7-9-38-40(25-35)52(2)45(60)56(38)39-10-11-42(58)51-44(39)59/h3-9,14-15,22-26,29-30,39H,10-13,16-21,27-28H2,1-2H3,(H2,47,48)(H,51,58,59)/t29-,39?/m1/s1. The van der Waals surface area contributed by atoms with Crippen LogP contribution in [0.25, 0.3) is 27.8 Å². The predicted molar refractivity (Wildman–Crippen MR) is 230 cm³/mol. The Kier molecular flexibility index (Phi) is 11.1. The highest BCUT2D eigenvalue weighted by Crippen LogP contribution is 2.34. The molecule has 61 heavy (non-hydrogen) atoms. The minimum absolute atomic E-state index is 0.219. The molecule has 0 saturated carbocycles. The number of pyridine rings is 1. The van der Waals surface area contributed by atoms with Gasteiger partial charge in [0.25, 0.3) is 0 Å². The zero-order chi connectivity index (χ0) is 42.2. The summed E-state index contributed by atoms with van der Waals surface area (Å²) in [5.74, 6) is 0.176. The van der Waals surface area contributed by atoms with E-state index < -0.39 is 18.1 Å². The zero-order valence-electron chi connectivity index (χ0n) is 34.4. The van der Waals surface area contributed by atoms with E-state index in [4.69, 9.17) is 10.5 Å². The lowest BCUT2D eigenvalue weighted by atomic mass is 9.95. The molecule has 9 rings (SSSR count). The first kappa shape index (κ1) is 40.0. The Morgan fingerprint density at radius 1 is 0.869 bits per heavy atom. The van der Waals surface area contributed by atoms with Gasteiger partial charge < -0.3 is 20.3 Å². The minimum Gasteiger partial charge on any atom is -0.482 e.